The van der Waals surface area contributed by atoms with Crippen LogP contribution < -0.4 is 14.8 Å². The van der Waals surface area contributed by atoms with Crippen molar-refractivity contribution in [1.82, 2.24) is 10.2 Å². The summed E-state index contributed by atoms with van der Waals surface area (Å²) in [5, 5.41) is 24.4. The van der Waals surface area contributed by atoms with E-state index >= 15 is 0 Å². The fourth-order valence-electron chi connectivity index (χ4n) is 6.70. The molecule has 3 N–H and O–H groups in total. The predicted octanol–water partition coefficient (Wildman–Crippen LogP) is 1.77. The number of methoxy groups -OCH3 is 1. The SMILES string of the molecule is COc1ccc2c3c1OC1C(OC(=O)C=CCNC(C(=O)O)C(C)C)=CCC4(O)C(C2)N(C)CCC314. The zero-order chi connectivity index (χ0) is 25.8. The number of carbonyl (C=O) groups is 2. The molecule has 36 heavy (non-hydrogen) atoms. The molecule has 2 bridgehead atoms. The van der Waals surface area contributed by atoms with Crippen molar-refractivity contribution < 1.29 is 34.0 Å². The Morgan fingerprint density at radius 1 is 1.36 bits per heavy atom. The molecular formula is C27H34N2O7. The second-order valence-corrected chi connectivity index (χ2v) is 10.6. The molecule has 4 aliphatic rings. The molecule has 1 saturated heterocycles. The molecule has 1 spiro atoms. The van der Waals surface area contributed by atoms with E-state index < -0.39 is 35.1 Å². The molecule has 1 fully saturated rings. The van der Waals surface area contributed by atoms with Crippen molar-refractivity contribution in [3.8, 4) is 11.5 Å². The largest absolute Gasteiger partial charge is 0.493 e. The van der Waals surface area contributed by atoms with Crippen LogP contribution in [0.1, 0.15) is 37.8 Å². The second kappa shape index (κ2) is 8.90. The predicted molar refractivity (Wildman–Crippen MR) is 131 cm³/mol. The number of carboxylic acids is 1. The monoisotopic (exact) mass is 498 g/mol. The summed E-state index contributed by atoms with van der Waals surface area (Å²) in [5.41, 5.74) is 0.316. The zero-order valence-corrected chi connectivity index (χ0v) is 21.1. The first-order valence-electron chi connectivity index (χ1n) is 12.5. The minimum Gasteiger partial charge on any atom is -0.493 e. The summed E-state index contributed by atoms with van der Waals surface area (Å²) in [6.07, 6.45) is 5.69. The number of hydrogen-bond donors (Lipinski definition) is 3. The van der Waals surface area contributed by atoms with E-state index in [0.29, 0.717) is 36.5 Å². The molecule has 2 aliphatic carbocycles. The number of aliphatic carboxylic acids is 1. The number of benzene rings is 1. The molecule has 5 unspecified atom stereocenters. The number of aliphatic hydroxyl groups is 1. The number of esters is 1. The van der Waals surface area contributed by atoms with E-state index in [-0.39, 0.29) is 18.5 Å². The van der Waals surface area contributed by atoms with Gasteiger partial charge < -0.3 is 34.6 Å². The lowest BCUT2D eigenvalue weighted by Gasteiger charge is -2.61. The van der Waals surface area contributed by atoms with E-state index in [1.54, 1.807) is 19.3 Å². The lowest BCUT2D eigenvalue weighted by atomic mass is 9.50. The Labute approximate surface area is 210 Å². The Bertz CT molecular complexity index is 1150. The van der Waals surface area contributed by atoms with E-state index in [9.17, 15) is 19.8 Å². The van der Waals surface area contributed by atoms with Gasteiger partial charge in [0.15, 0.2) is 17.6 Å². The van der Waals surface area contributed by atoms with Crippen LogP contribution in [0, 0.1) is 5.92 Å². The fourth-order valence-corrected chi connectivity index (χ4v) is 6.70. The Morgan fingerprint density at radius 3 is 2.83 bits per heavy atom. The van der Waals surface area contributed by atoms with Crippen LogP contribution >= 0.6 is 0 Å². The van der Waals surface area contributed by atoms with E-state index in [2.05, 4.69) is 16.3 Å². The zero-order valence-electron chi connectivity index (χ0n) is 21.1. The van der Waals surface area contributed by atoms with Crippen LogP contribution in [0.2, 0.25) is 0 Å². The first kappa shape index (κ1) is 24.8. The van der Waals surface area contributed by atoms with E-state index in [1.165, 1.54) is 6.08 Å². The maximum absolute atomic E-state index is 12.7. The number of carbonyl (C=O) groups excluding carboxylic acids is 1. The smallest absolute Gasteiger partial charge is 0.335 e. The lowest BCUT2D eigenvalue weighted by molar-refractivity contribution is -0.168. The van der Waals surface area contributed by atoms with Gasteiger partial charge in [0.1, 0.15) is 11.8 Å². The van der Waals surface area contributed by atoms with E-state index in [4.69, 9.17) is 14.2 Å². The summed E-state index contributed by atoms with van der Waals surface area (Å²) in [7, 11) is 3.64. The van der Waals surface area contributed by atoms with Gasteiger partial charge in [0, 0.05) is 30.6 Å². The maximum atomic E-state index is 12.7. The normalized spacial score (nSPS) is 31.0. The summed E-state index contributed by atoms with van der Waals surface area (Å²) < 4.78 is 17.9. The molecule has 0 saturated carbocycles. The standard InChI is InChI=1S/C27H34N2O7/c1-15(2)22(25(31)32)28-12-5-6-20(30)35-18-9-10-27(33)19-14-16-7-8-17(34-4)23-21(16)26(27,24(18)36-23)11-13-29(19)3/h5-9,15,19,22,24,28,33H,10-14H2,1-4H3,(H,31,32). The van der Waals surface area contributed by atoms with Crippen molar-refractivity contribution in [2.24, 2.45) is 5.92 Å². The van der Waals surface area contributed by atoms with Crippen molar-refractivity contribution in [2.75, 3.05) is 27.2 Å². The van der Waals surface area contributed by atoms with Gasteiger partial charge in [-0.15, -0.1) is 0 Å². The molecule has 1 aromatic rings. The third kappa shape index (κ3) is 3.48. The van der Waals surface area contributed by atoms with Crippen LogP contribution in [0.3, 0.4) is 0 Å². The summed E-state index contributed by atoms with van der Waals surface area (Å²) in [5.74, 6) is 0.0166. The number of ether oxygens (including phenoxy) is 3. The highest BCUT2D eigenvalue weighted by Crippen LogP contribution is 2.65. The molecule has 1 aromatic carbocycles. The number of likely N-dealkylation sites (N-methyl/N-ethyl adjacent to an activating group) is 1. The third-order valence-corrected chi connectivity index (χ3v) is 8.42. The minimum atomic E-state index is -1.06. The van der Waals surface area contributed by atoms with E-state index in [0.717, 1.165) is 17.7 Å². The topological polar surface area (TPSA) is 118 Å². The fraction of sp³-hybridized carbons (Fsp3) is 0.556. The molecule has 9 heteroatoms. The summed E-state index contributed by atoms with van der Waals surface area (Å²) >= 11 is 0. The molecule has 0 amide bonds. The van der Waals surface area contributed by atoms with Gasteiger partial charge in [-0.3, -0.25) is 4.79 Å². The third-order valence-electron chi connectivity index (χ3n) is 8.42. The molecule has 194 valence electrons. The van der Waals surface area contributed by atoms with Crippen LogP contribution in [0.4, 0.5) is 0 Å². The maximum Gasteiger partial charge on any atom is 0.335 e. The van der Waals surface area contributed by atoms with Crippen molar-refractivity contribution >= 4 is 11.9 Å². The van der Waals surface area contributed by atoms with Crippen LogP contribution in [-0.4, -0.2) is 78.1 Å². The van der Waals surface area contributed by atoms with Crippen LogP contribution in [0.25, 0.3) is 0 Å². The molecular weight excluding hydrogens is 464 g/mol. The highest BCUT2D eigenvalue weighted by Gasteiger charge is 2.72. The van der Waals surface area contributed by atoms with Crippen molar-refractivity contribution in [3.05, 3.63) is 47.2 Å². The summed E-state index contributed by atoms with van der Waals surface area (Å²) in [6.45, 7) is 4.64. The first-order chi connectivity index (χ1) is 17.1. The van der Waals surface area contributed by atoms with Gasteiger partial charge in [-0.25, -0.2) is 4.79 Å². The van der Waals surface area contributed by atoms with Gasteiger partial charge in [-0.1, -0.05) is 26.0 Å². The van der Waals surface area contributed by atoms with Crippen LogP contribution in [-0.2, 0) is 26.2 Å². The quantitative estimate of drug-likeness (QED) is 0.364. The Hall–Kier alpha value is -2.88. The van der Waals surface area contributed by atoms with Crippen LogP contribution in [0.5, 0.6) is 11.5 Å². The lowest BCUT2D eigenvalue weighted by Crippen LogP contribution is -2.74. The highest BCUT2D eigenvalue weighted by atomic mass is 16.6. The molecule has 2 aliphatic heterocycles. The molecule has 2 heterocycles. The van der Waals surface area contributed by atoms with Gasteiger partial charge in [0.05, 0.1) is 18.1 Å². The highest BCUT2D eigenvalue weighted by molar-refractivity contribution is 5.83. The number of nitrogens with one attached hydrogen (secondary N) is 1. The Kier molecular flexibility index (Phi) is 6.13. The van der Waals surface area contributed by atoms with Gasteiger partial charge >= 0.3 is 11.9 Å². The second-order valence-electron chi connectivity index (χ2n) is 10.6. The van der Waals surface area contributed by atoms with Crippen molar-refractivity contribution in [1.29, 1.82) is 0 Å². The summed E-state index contributed by atoms with van der Waals surface area (Å²) in [4.78, 5) is 26.3. The molecule has 5 atom stereocenters. The van der Waals surface area contributed by atoms with Crippen LogP contribution in [0.15, 0.2) is 36.1 Å². The van der Waals surface area contributed by atoms with Gasteiger partial charge in [-0.2, -0.15) is 0 Å². The van der Waals surface area contributed by atoms with Gasteiger partial charge in [0.2, 0.25) is 0 Å². The molecule has 0 radical (unpaired) electrons. The van der Waals surface area contributed by atoms with Gasteiger partial charge in [0.25, 0.3) is 0 Å². The summed E-state index contributed by atoms with van der Waals surface area (Å²) in [6, 6.07) is 3.17. The van der Waals surface area contributed by atoms with E-state index in [1.807, 2.05) is 27.0 Å². The van der Waals surface area contributed by atoms with Crippen molar-refractivity contribution in [2.45, 2.75) is 62.3 Å². The number of piperidine rings is 1. The number of carboxylic acid groups (broad SMARTS) is 1. The number of hydrogen-bond acceptors (Lipinski definition) is 8. The molecule has 9 nitrogen and oxygen atoms in total. The Balaban J connectivity index is 1.41. The minimum absolute atomic E-state index is 0.0770. The number of rotatable bonds is 8. The number of nitrogens with zero attached hydrogens (tertiary/aromatic N) is 1. The number of likely N-dealkylation sites (tertiary alicyclic amines) is 1. The first-order valence-corrected chi connectivity index (χ1v) is 12.5. The molecule has 0 aromatic heterocycles. The molecule has 5 rings (SSSR count). The average molecular weight is 499 g/mol. The van der Waals surface area contributed by atoms with Crippen molar-refractivity contribution in [3.63, 3.8) is 0 Å². The van der Waals surface area contributed by atoms with Gasteiger partial charge in [-0.05, 0) is 50.1 Å². The average Bonchev–Trinajstić information content (AvgIpc) is 3.18. The Morgan fingerprint density at radius 2 is 2.14 bits per heavy atom.